The van der Waals surface area contributed by atoms with E-state index in [-0.39, 0.29) is 12.0 Å². The predicted octanol–water partition coefficient (Wildman–Crippen LogP) is 2.59. The molecule has 104 valence electrons. The van der Waals surface area contributed by atoms with Crippen LogP contribution in [0.1, 0.15) is 11.8 Å². The second-order valence-corrected chi connectivity index (χ2v) is 5.64. The Bertz CT molecular complexity index is 597. The molecule has 3 rings (SSSR count). The molecule has 4 nitrogen and oxygen atoms in total. The summed E-state index contributed by atoms with van der Waals surface area (Å²) < 4.78 is 11.5. The molecule has 1 amide bonds. The highest BCUT2D eigenvalue weighted by atomic mass is 32.1. The number of amides is 1. The Kier molecular flexibility index (Phi) is 3.60. The molecule has 0 spiro atoms. The van der Waals surface area contributed by atoms with Crippen LogP contribution < -0.4 is 14.8 Å². The van der Waals surface area contributed by atoms with Gasteiger partial charge in [0, 0.05) is 4.88 Å². The van der Waals surface area contributed by atoms with Crippen molar-refractivity contribution in [2.45, 2.75) is 25.7 Å². The Morgan fingerprint density at radius 2 is 1.95 bits per heavy atom. The van der Waals surface area contributed by atoms with Gasteiger partial charge in [0.25, 0.3) is 5.91 Å². The van der Waals surface area contributed by atoms with Crippen LogP contribution in [0, 0.1) is 0 Å². The van der Waals surface area contributed by atoms with Crippen LogP contribution in [0.5, 0.6) is 11.5 Å². The summed E-state index contributed by atoms with van der Waals surface area (Å²) in [5.74, 6) is 1.14. The number of fused-ring (bicyclic) bond motifs is 1. The maximum atomic E-state index is 12.2. The zero-order valence-electron chi connectivity index (χ0n) is 11.0. The number of ether oxygens (including phenoxy) is 2. The Labute approximate surface area is 121 Å². The minimum absolute atomic E-state index is 0.152. The molecular formula is C15H15NO3S. The second kappa shape index (κ2) is 5.54. The van der Waals surface area contributed by atoms with E-state index in [0.717, 1.165) is 4.88 Å². The molecule has 1 aromatic heterocycles. The van der Waals surface area contributed by atoms with Gasteiger partial charge in [0.1, 0.15) is 6.10 Å². The van der Waals surface area contributed by atoms with Crippen LogP contribution in [0.15, 0.2) is 41.8 Å². The Balaban J connectivity index is 1.66. The number of para-hydroxylation sites is 2. The minimum atomic E-state index is -0.620. The van der Waals surface area contributed by atoms with Crippen molar-refractivity contribution in [1.29, 1.82) is 0 Å². The summed E-state index contributed by atoms with van der Waals surface area (Å²) in [6.07, 6.45) is -0.932. The number of thiophene rings is 1. The topological polar surface area (TPSA) is 47.6 Å². The van der Waals surface area contributed by atoms with E-state index < -0.39 is 6.10 Å². The van der Waals surface area contributed by atoms with Gasteiger partial charge in [-0.25, -0.2) is 0 Å². The molecule has 1 aliphatic rings. The molecule has 0 aliphatic carbocycles. The van der Waals surface area contributed by atoms with Gasteiger partial charge in [-0.15, -0.1) is 11.3 Å². The normalized spacial score (nSPS) is 20.4. The first-order chi connectivity index (χ1) is 9.74. The van der Waals surface area contributed by atoms with Crippen LogP contribution in [0.2, 0.25) is 0 Å². The average molecular weight is 289 g/mol. The monoisotopic (exact) mass is 289 g/mol. The summed E-state index contributed by atoms with van der Waals surface area (Å²) in [5.41, 5.74) is 0. The van der Waals surface area contributed by atoms with Gasteiger partial charge in [0.15, 0.2) is 11.5 Å². The highest BCUT2D eigenvalue weighted by Crippen LogP contribution is 2.33. The number of hydrogen-bond donors (Lipinski definition) is 1. The van der Waals surface area contributed by atoms with Crippen molar-refractivity contribution in [3.8, 4) is 11.5 Å². The molecule has 5 heteroatoms. The second-order valence-electron chi connectivity index (χ2n) is 4.61. The first-order valence-corrected chi connectivity index (χ1v) is 7.34. The van der Waals surface area contributed by atoms with Crippen molar-refractivity contribution in [3.05, 3.63) is 46.7 Å². The molecule has 0 radical (unpaired) electrons. The molecule has 1 N–H and O–H groups in total. The third kappa shape index (κ3) is 2.63. The standard InChI is InChI=1S/C15H15NO3S/c1-10-14(15(17)16-9-11-5-4-8-20-11)19-13-7-3-2-6-12(13)18-10/h2-8,10,14H,9H2,1H3,(H,16,17). The smallest absolute Gasteiger partial charge is 0.265 e. The van der Waals surface area contributed by atoms with Crippen LogP contribution in [0.25, 0.3) is 0 Å². The number of carbonyl (C=O) groups excluding carboxylic acids is 1. The van der Waals surface area contributed by atoms with Crippen molar-refractivity contribution < 1.29 is 14.3 Å². The number of rotatable bonds is 3. The summed E-state index contributed by atoms with van der Waals surface area (Å²) in [6.45, 7) is 2.36. The van der Waals surface area contributed by atoms with Gasteiger partial charge < -0.3 is 14.8 Å². The quantitative estimate of drug-likeness (QED) is 0.945. The highest BCUT2D eigenvalue weighted by Gasteiger charge is 2.33. The van der Waals surface area contributed by atoms with E-state index in [1.807, 2.05) is 42.6 Å². The van der Waals surface area contributed by atoms with E-state index >= 15 is 0 Å². The molecule has 0 saturated heterocycles. The van der Waals surface area contributed by atoms with Crippen LogP contribution in [-0.2, 0) is 11.3 Å². The van der Waals surface area contributed by atoms with Crippen LogP contribution in [0.3, 0.4) is 0 Å². The lowest BCUT2D eigenvalue weighted by atomic mass is 10.1. The summed E-state index contributed by atoms with van der Waals surface area (Å²) >= 11 is 1.61. The van der Waals surface area contributed by atoms with E-state index in [2.05, 4.69) is 5.32 Å². The fraction of sp³-hybridized carbons (Fsp3) is 0.267. The van der Waals surface area contributed by atoms with Crippen LogP contribution in [-0.4, -0.2) is 18.1 Å². The molecule has 2 heterocycles. The van der Waals surface area contributed by atoms with Gasteiger partial charge >= 0.3 is 0 Å². The molecule has 0 bridgehead atoms. The Morgan fingerprint density at radius 3 is 2.65 bits per heavy atom. The lowest BCUT2D eigenvalue weighted by Crippen LogP contribution is -2.48. The molecule has 1 aliphatic heterocycles. The number of hydrogen-bond acceptors (Lipinski definition) is 4. The first kappa shape index (κ1) is 13.0. The number of nitrogens with one attached hydrogen (secondary N) is 1. The fourth-order valence-electron chi connectivity index (χ4n) is 2.09. The van der Waals surface area contributed by atoms with E-state index in [1.165, 1.54) is 0 Å². The van der Waals surface area contributed by atoms with E-state index in [1.54, 1.807) is 17.4 Å². The number of carbonyl (C=O) groups is 1. The van der Waals surface area contributed by atoms with E-state index in [0.29, 0.717) is 18.0 Å². The van der Waals surface area contributed by atoms with Gasteiger partial charge in [0.05, 0.1) is 6.54 Å². The summed E-state index contributed by atoms with van der Waals surface area (Å²) in [6, 6.07) is 11.3. The maximum absolute atomic E-state index is 12.2. The van der Waals surface area contributed by atoms with Crippen molar-refractivity contribution in [1.82, 2.24) is 5.32 Å². The van der Waals surface area contributed by atoms with Gasteiger partial charge in [-0.2, -0.15) is 0 Å². The zero-order chi connectivity index (χ0) is 13.9. The predicted molar refractivity (Wildman–Crippen MR) is 77.1 cm³/mol. The summed E-state index contributed by atoms with van der Waals surface area (Å²) in [4.78, 5) is 13.3. The third-order valence-corrected chi connectivity index (χ3v) is 3.99. The van der Waals surface area contributed by atoms with E-state index in [9.17, 15) is 4.79 Å². The summed E-state index contributed by atoms with van der Waals surface area (Å²) in [7, 11) is 0. The van der Waals surface area contributed by atoms with Crippen LogP contribution >= 0.6 is 11.3 Å². The summed E-state index contributed by atoms with van der Waals surface area (Å²) in [5, 5.41) is 4.87. The van der Waals surface area contributed by atoms with E-state index in [4.69, 9.17) is 9.47 Å². The molecule has 2 aromatic rings. The molecule has 1 aromatic carbocycles. The van der Waals surface area contributed by atoms with Gasteiger partial charge in [-0.1, -0.05) is 18.2 Å². The minimum Gasteiger partial charge on any atom is -0.482 e. The highest BCUT2D eigenvalue weighted by molar-refractivity contribution is 7.09. The van der Waals surface area contributed by atoms with Crippen molar-refractivity contribution in [3.63, 3.8) is 0 Å². The zero-order valence-corrected chi connectivity index (χ0v) is 11.9. The largest absolute Gasteiger partial charge is 0.482 e. The Morgan fingerprint density at radius 1 is 1.20 bits per heavy atom. The number of benzene rings is 1. The molecule has 20 heavy (non-hydrogen) atoms. The van der Waals surface area contributed by atoms with Crippen molar-refractivity contribution >= 4 is 17.2 Å². The Hall–Kier alpha value is -2.01. The van der Waals surface area contributed by atoms with Crippen molar-refractivity contribution in [2.75, 3.05) is 0 Å². The third-order valence-electron chi connectivity index (χ3n) is 3.12. The fourth-order valence-corrected chi connectivity index (χ4v) is 2.74. The van der Waals surface area contributed by atoms with Crippen molar-refractivity contribution in [2.24, 2.45) is 0 Å². The molecule has 2 unspecified atom stereocenters. The average Bonchev–Trinajstić information content (AvgIpc) is 2.97. The first-order valence-electron chi connectivity index (χ1n) is 6.46. The van der Waals surface area contributed by atoms with Gasteiger partial charge in [-0.05, 0) is 30.5 Å². The lowest BCUT2D eigenvalue weighted by Gasteiger charge is -2.30. The van der Waals surface area contributed by atoms with Crippen LogP contribution in [0.4, 0.5) is 0 Å². The SMILES string of the molecule is CC1Oc2ccccc2OC1C(=O)NCc1cccs1. The molecule has 0 fully saturated rings. The van der Waals surface area contributed by atoms with Gasteiger partial charge in [-0.3, -0.25) is 4.79 Å². The molecule has 2 atom stereocenters. The molecule has 0 saturated carbocycles. The van der Waals surface area contributed by atoms with Gasteiger partial charge in [0.2, 0.25) is 6.10 Å². The molecular weight excluding hydrogens is 274 g/mol. The lowest BCUT2D eigenvalue weighted by molar-refractivity contribution is -0.133. The maximum Gasteiger partial charge on any atom is 0.265 e.